The van der Waals surface area contributed by atoms with Crippen molar-refractivity contribution in [1.29, 1.82) is 0 Å². The van der Waals surface area contributed by atoms with Crippen LogP contribution < -0.4 is 21.1 Å². The van der Waals surface area contributed by atoms with E-state index < -0.39 is 0 Å². The van der Waals surface area contributed by atoms with Gasteiger partial charge in [-0.15, -0.1) is 0 Å². The van der Waals surface area contributed by atoms with Crippen molar-refractivity contribution in [3.05, 3.63) is 53.7 Å². The lowest BCUT2D eigenvalue weighted by Crippen LogP contribution is -2.33. The Morgan fingerprint density at radius 3 is 2.54 bits per heavy atom. The van der Waals surface area contributed by atoms with Gasteiger partial charge in [-0.3, -0.25) is 4.79 Å². The van der Waals surface area contributed by atoms with Crippen molar-refractivity contribution in [3.8, 4) is 5.75 Å². The van der Waals surface area contributed by atoms with E-state index in [9.17, 15) is 4.79 Å². The lowest BCUT2D eigenvalue weighted by Gasteiger charge is -2.27. The Morgan fingerprint density at radius 1 is 1.14 bits per heavy atom. The Balaban J connectivity index is 1.39. The number of rotatable bonds is 8. The molecule has 0 aliphatic heterocycles. The van der Waals surface area contributed by atoms with Gasteiger partial charge in [-0.2, -0.15) is 0 Å². The molecular formula is C22H30N4O2. The number of nitrogens with zero attached hydrogens (tertiary/aromatic N) is 1. The number of anilines is 1. The molecule has 1 aliphatic carbocycles. The number of pyridine rings is 1. The van der Waals surface area contributed by atoms with Gasteiger partial charge in [0.05, 0.1) is 12.7 Å². The van der Waals surface area contributed by atoms with E-state index in [1.807, 2.05) is 24.3 Å². The average molecular weight is 383 g/mol. The molecule has 1 aromatic heterocycles. The lowest BCUT2D eigenvalue weighted by molar-refractivity contribution is 0.0953. The van der Waals surface area contributed by atoms with Gasteiger partial charge < -0.3 is 21.1 Å². The van der Waals surface area contributed by atoms with E-state index in [0.29, 0.717) is 24.2 Å². The van der Waals surface area contributed by atoms with Gasteiger partial charge in [0.25, 0.3) is 5.91 Å². The largest absolute Gasteiger partial charge is 0.497 e. The SMILES string of the molecule is COc1ccc(CCCNC(=O)c2ccc(NC3CCC(N)CC3)nc2)cc1. The van der Waals surface area contributed by atoms with Crippen LogP contribution in [0.1, 0.15) is 48.0 Å². The van der Waals surface area contributed by atoms with E-state index in [4.69, 9.17) is 10.5 Å². The molecule has 0 unspecified atom stereocenters. The van der Waals surface area contributed by atoms with Crippen LogP contribution in [0.3, 0.4) is 0 Å². The van der Waals surface area contributed by atoms with Crippen LogP contribution in [0.15, 0.2) is 42.6 Å². The maximum Gasteiger partial charge on any atom is 0.252 e. The van der Waals surface area contributed by atoms with Crippen molar-refractivity contribution in [3.63, 3.8) is 0 Å². The summed E-state index contributed by atoms with van der Waals surface area (Å²) in [6, 6.07) is 12.5. The molecular weight excluding hydrogens is 352 g/mol. The van der Waals surface area contributed by atoms with E-state index in [-0.39, 0.29) is 5.91 Å². The number of benzene rings is 1. The van der Waals surface area contributed by atoms with Gasteiger partial charge in [0, 0.05) is 24.8 Å². The summed E-state index contributed by atoms with van der Waals surface area (Å²) in [4.78, 5) is 16.7. The van der Waals surface area contributed by atoms with E-state index >= 15 is 0 Å². The molecule has 0 saturated heterocycles. The zero-order valence-corrected chi connectivity index (χ0v) is 16.5. The van der Waals surface area contributed by atoms with Crippen molar-refractivity contribution in [2.45, 2.75) is 50.6 Å². The highest BCUT2D eigenvalue weighted by Gasteiger charge is 2.18. The number of carbonyl (C=O) groups excluding carboxylic acids is 1. The second-order valence-corrected chi connectivity index (χ2v) is 7.40. The number of methoxy groups -OCH3 is 1. The Kier molecular flexibility index (Phi) is 7.25. The fourth-order valence-electron chi connectivity index (χ4n) is 3.47. The molecule has 0 radical (unpaired) electrons. The summed E-state index contributed by atoms with van der Waals surface area (Å²) in [6.07, 6.45) is 7.67. The highest BCUT2D eigenvalue weighted by molar-refractivity contribution is 5.94. The number of nitrogens with one attached hydrogen (secondary N) is 2. The summed E-state index contributed by atoms with van der Waals surface area (Å²) in [5, 5.41) is 6.40. The monoisotopic (exact) mass is 382 g/mol. The Bertz CT molecular complexity index is 738. The van der Waals surface area contributed by atoms with Crippen molar-refractivity contribution in [1.82, 2.24) is 10.3 Å². The zero-order valence-electron chi connectivity index (χ0n) is 16.5. The van der Waals surface area contributed by atoms with Crippen LogP contribution in [-0.4, -0.2) is 36.6 Å². The molecule has 6 nitrogen and oxygen atoms in total. The third-order valence-corrected chi connectivity index (χ3v) is 5.24. The minimum absolute atomic E-state index is 0.0857. The van der Waals surface area contributed by atoms with E-state index in [1.54, 1.807) is 13.3 Å². The normalized spacial score (nSPS) is 19.1. The van der Waals surface area contributed by atoms with E-state index in [2.05, 4.69) is 27.8 Å². The summed E-state index contributed by atoms with van der Waals surface area (Å²) in [7, 11) is 1.66. The molecule has 0 spiro atoms. The van der Waals surface area contributed by atoms with Crippen molar-refractivity contribution in [2.75, 3.05) is 19.0 Å². The van der Waals surface area contributed by atoms with Gasteiger partial charge in [0.2, 0.25) is 0 Å². The molecule has 6 heteroatoms. The Labute approximate surface area is 166 Å². The molecule has 4 N–H and O–H groups in total. The number of aryl methyl sites for hydroxylation is 1. The van der Waals surface area contributed by atoms with Crippen LogP contribution in [-0.2, 0) is 6.42 Å². The van der Waals surface area contributed by atoms with Gasteiger partial charge in [0.15, 0.2) is 0 Å². The highest BCUT2D eigenvalue weighted by atomic mass is 16.5. The highest BCUT2D eigenvalue weighted by Crippen LogP contribution is 2.20. The second kappa shape index (κ2) is 10.1. The third-order valence-electron chi connectivity index (χ3n) is 5.24. The minimum Gasteiger partial charge on any atom is -0.497 e. The number of amides is 1. The average Bonchev–Trinajstić information content (AvgIpc) is 2.73. The molecule has 0 bridgehead atoms. The van der Waals surface area contributed by atoms with Crippen LogP contribution in [0.4, 0.5) is 5.82 Å². The molecule has 1 amide bonds. The molecule has 1 saturated carbocycles. The summed E-state index contributed by atoms with van der Waals surface area (Å²) in [5.41, 5.74) is 7.76. The fourth-order valence-corrected chi connectivity index (χ4v) is 3.47. The van der Waals surface area contributed by atoms with Crippen LogP contribution in [0.2, 0.25) is 0 Å². The summed E-state index contributed by atoms with van der Waals surface area (Å²) < 4.78 is 5.16. The Hall–Kier alpha value is -2.60. The van der Waals surface area contributed by atoms with Gasteiger partial charge >= 0.3 is 0 Å². The Morgan fingerprint density at radius 2 is 1.89 bits per heavy atom. The number of hydrogen-bond donors (Lipinski definition) is 3. The standard InChI is InChI=1S/C22H30N4O2/c1-28-20-11-4-16(5-12-20)3-2-14-24-22(27)17-6-13-21(25-15-17)26-19-9-7-18(23)8-10-19/h4-6,11-13,15,18-19H,2-3,7-10,14,23H2,1H3,(H,24,27)(H,25,26). The maximum absolute atomic E-state index is 12.3. The first-order chi connectivity index (χ1) is 13.6. The zero-order chi connectivity index (χ0) is 19.8. The number of ether oxygens (including phenoxy) is 1. The minimum atomic E-state index is -0.0857. The summed E-state index contributed by atoms with van der Waals surface area (Å²) in [5.74, 6) is 1.59. The topological polar surface area (TPSA) is 89.3 Å². The first-order valence-corrected chi connectivity index (χ1v) is 10.0. The first kappa shape index (κ1) is 20.1. The van der Waals surface area contributed by atoms with Crippen molar-refractivity contribution in [2.24, 2.45) is 5.73 Å². The third kappa shape index (κ3) is 5.96. The summed E-state index contributed by atoms with van der Waals surface area (Å²) in [6.45, 7) is 0.632. The maximum atomic E-state index is 12.3. The quantitative estimate of drug-likeness (QED) is 0.611. The molecule has 1 heterocycles. The molecule has 2 aromatic rings. The smallest absolute Gasteiger partial charge is 0.252 e. The molecule has 1 fully saturated rings. The first-order valence-electron chi connectivity index (χ1n) is 10.0. The van der Waals surface area contributed by atoms with Crippen molar-refractivity contribution < 1.29 is 9.53 Å². The second-order valence-electron chi connectivity index (χ2n) is 7.40. The summed E-state index contributed by atoms with van der Waals surface area (Å²) >= 11 is 0. The van der Waals surface area contributed by atoms with Crippen LogP contribution in [0, 0.1) is 0 Å². The van der Waals surface area contributed by atoms with Crippen LogP contribution >= 0.6 is 0 Å². The predicted molar refractivity (Wildman–Crippen MR) is 112 cm³/mol. The van der Waals surface area contributed by atoms with E-state index in [1.165, 1.54) is 5.56 Å². The van der Waals surface area contributed by atoms with Gasteiger partial charge in [-0.1, -0.05) is 12.1 Å². The molecule has 150 valence electrons. The number of aromatic nitrogens is 1. The van der Waals surface area contributed by atoms with Gasteiger partial charge in [-0.25, -0.2) is 4.98 Å². The number of hydrogen-bond acceptors (Lipinski definition) is 5. The molecule has 1 aliphatic rings. The number of carbonyl (C=O) groups is 1. The van der Waals surface area contributed by atoms with Gasteiger partial charge in [-0.05, 0) is 68.4 Å². The molecule has 1 aromatic carbocycles. The lowest BCUT2D eigenvalue weighted by atomic mass is 9.92. The predicted octanol–water partition coefficient (Wildman–Crippen LogP) is 3.13. The van der Waals surface area contributed by atoms with Crippen LogP contribution in [0.5, 0.6) is 5.75 Å². The fraction of sp³-hybridized carbons (Fsp3) is 0.455. The molecule has 0 atom stereocenters. The van der Waals surface area contributed by atoms with Crippen LogP contribution in [0.25, 0.3) is 0 Å². The van der Waals surface area contributed by atoms with Crippen molar-refractivity contribution >= 4 is 11.7 Å². The van der Waals surface area contributed by atoms with Gasteiger partial charge in [0.1, 0.15) is 11.6 Å². The molecule has 3 rings (SSSR count). The number of nitrogens with two attached hydrogens (primary N) is 1. The van der Waals surface area contributed by atoms with E-state index in [0.717, 1.165) is 50.1 Å². The molecule has 28 heavy (non-hydrogen) atoms.